The molecule has 0 rings (SSSR count). The van der Waals surface area contributed by atoms with Gasteiger partial charge in [0.2, 0.25) is 0 Å². The van der Waals surface area contributed by atoms with Crippen molar-refractivity contribution in [1.82, 2.24) is 0 Å². The van der Waals surface area contributed by atoms with Crippen molar-refractivity contribution in [2.75, 3.05) is 0 Å². The summed E-state index contributed by atoms with van der Waals surface area (Å²) >= 11 is 0. The number of hydrogen-bond acceptors (Lipinski definition) is 3. The molecule has 2 atom stereocenters. The molecule has 0 aromatic carbocycles. The zero-order chi connectivity index (χ0) is 18.0. The number of carboxylic acids is 1. The molecule has 0 fully saturated rings. The Bertz CT molecular complexity index is 421. The Balaban J connectivity index is 3.82. The van der Waals surface area contributed by atoms with Crippen LogP contribution in [0.3, 0.4) is 0 Å². The summed E-state index contributed by atoms with van der Waals surface area (Å²) in [5.41, 5.74) is 0. The van der Waals surface area contributed by atoms with Gasteiger partial charge in [0.15, 0.2) is 0 Å². The van der Waals surface area contributed by atoms with Gasteiger partial charge in [-0.15, -0.1) is 0 Å². The first-order chi connectivity index (χ1) is 11.6. The average Bonchev–Trinajstić information content (AvgIpc) is 2.55. The third-order valence-electron chi connectivity index (χ3n) is 3.41. The van der Waals surface area contributed by atoms with Gasteiger partial charge in [0.25, 0.3) is 0 Å². The van der Waals surface area contributed by atoms with E-state index in [9.17, 15) is 15.0 Å². The summed E-state index contributed by atoms with van der Waals surface area (Å²) in [6.45, 7) is 2.15. The molecule has 0 spiro atoms. The Morgan fingerprint density at radius 3 is 2.29 bits per heavy atom. The van der Waals surface area contributed by atoms with Crippen LogP contribution in [0.4, 0.5) is 0 Å². The lowest BCUT2D eigenvalue weighted by molar-refractivity contribution is -0.137. The molecule has 0 amide bonds. The maximum Gasteiger partial charge on any atom is 0.303 e. The average molecular weight is 336 g/mol. The number of aliphatic carboxylic acids is 1. The maximum atomic E-state index is 10.3. The minimum Gasteiger partial charge on any atom is -0.481 e. The lowest BCUT2D eigenvalue weighted by Gasteiger charge is -2.09. The fourth-order valence-electron chi connectivity index (χ4n) is 1.97. The Hall–Kier alpha value is -1.65. The zero-order valence-electron chi connectivity index (χ0n) is 14.7. The summed E-state index contributed by atoms with van der Waals surface area (Å²) in [5.74, 6) is -0.759. The molecule has 0 aliphatic rings. The van der Waals surface area contributed by atoms with E-state index in [-0.39, 0.29) is 6.42 Å². The van der Waals surface area contributed by atoms with Crippen molar-refractivity contribution in [2.24, 2.45) is 0 Å². The fourth-order valence-corrected chi connectivity index (χ4v) is 1.97. The maximum absolute atomic E-state index is 10.3. The number of rotatable bonds is 14. The number of carboxylic acid groups (broad SMARTS) is 1. The first-order valence-corrected chi connectivity index (χ1v) is 8.80. The summed E-state index contributed by atoms with van der Waals surface area (Å²) in [6, 6.07) is 0. The van der Waals surface area contributed by atoms with E-state index in [1.165, 1.54) is 12.8 Å². The highest BCUT2D eigenvalue weighted by Gasteiger charge is 2.07. The molecular weight excluding hydrogens is 304 g/mol. The van der Waals surface area contributed by atoms with Crippen LogP contribution in [-0.2, 0) is 4.79 Å². The van der Waals surface area contributed by atoms with Crippen LogP contribution in [0.1, 0.15) is 58.3 Å². The second-order valence-corrected chi connectivity index (χ2v) is 5.71. The van der Waals surface area contributed by atoms with E-state index >= 15 is 0 Å². The Morgan fingerprint density at radius 2 is 1.58 bits per heavy atom. The van der Waals surface area contributed by atoms with Crippen LogP contribution in [0.5, 0.6) is 0 Å². The minimum absolute atomic E-state index is 0.205. The monoisotopic (exact) mass is 336 g/mol. The highest BCUT2D eigenvalue weighted by molar-refractivity contribution is 5.66. The predicted molar refractivity (Wildman–Crippen MR) is 98.8 cm³/mol. The molecule has 0 saturated carbocycles. The quantitative estimate of drug-likeness (QED) is 0.253. The van der Waals surface area contributed by atoms with Crippen LogP contribution in [0.2, 0.25) is 0 Å². The summed E-state index contributed by atoms with van der Waals surface area (Å²) in [5, 5.41) is 28.0. The standard InChI is InChI=1S/C20H32O4/c1-2-3-4-9-12-15-18(21)19(22)16-13-10-7-5-6-8-11-14-17-20(23)24/h6-8,10,12-13,15-16,18-19,21-22H,2-5,9,11,14,17H2,1H3,(H,23,24)/b8-6-,10-7-,15-12-,16-13+/t18-,19+/m0/s1. The van der Waals surface area contributed by atoms with E-state index in [1.54, 1.807) is 18.2 Å². The molecule has 0 heterocycles. The third-order valence-corrected chi connectivity index (χ3v) is 3.41. The second kappa shape index (κ2) is 16.2. The minimum atomic E-state index is -0.899. The summed E-state index contributed by atoms with van der Waals surface area (Å²) in [6.07, 6.45) is 19.6. The molecule has 0 saturated heterocycles. The normalized spacial score (nSPS) is 15.1. The van der Waals surface area contributed by atoms with Crippen LogP contribution in [0.25, 0.3) is 0 Å². The number of carbonyl (C=O) groups is 1. The summed E-state index contributed by atoms with van der Waals surface area (Å²) < 4.78 is 0. The molecular formula is C20H32O4. The third kappa shape index (κ3) is 15.3. The SMILES string of the molecule is CCCCC/C=C\[C@H](O)[C@H](O)/C=C/C=C\C/C=C\CCCC(=O)O. The molecule has 0 aromatic heterocycles. The molecule has 4 heteroatoms. The topological polar surface area (TPSA) is 77.8 Å². The summed E-state index contributed by atoms with van der Waals surface area (Å²) in [7, 11) is 0. The van der Waals surface area contributed by atoms with Gasteiger partial charge in [-0.3, -0.25) is 4.79 Å². The van der Waals surface area contributed by atoms with Gasteiger partial charge in [-0.1, -0.05) is 68.4 Å². The number of aliphatic hydroxyl groups is 2. The van der Waals surface area contributed by atoms with Crippen molar-refractivity contribution in [3.05, 3.63) is 48.6 Å². The molecule has 0 bridgehead atoms. The first-order valence-electron chi connectivity index (χ1n) is 8.80. The van der Waals surface area contributed by atoms with Gasteiger partial charge in [-0.25, -0.2) is 0 Å². The lowest BCUT2D eigenvalue weighted by atomic mass is 10.1. The van der Waals surface area contributed by atoms with E-state index in [0.717, 1.165) is 25.7 Å². The molecule has 3 N–H and O–H groups in total. The van der Waals surface area contributed by atoms with Crippen LogP contribution >= 0.6 is 0 Å². The summed E-state index contributed by atoms with van der Waals surface area (Å²) in [4.78, 5) is 10.3. The van der Waals surface area contributed by atoms with Crippen LogP contribution in [-0.4, -0.2) is 33.5 Å². The van der Waals surface area contributed by atoms with Gasteiger partial charge in [-0.2, -0.15) is 0 Å². The highest BCUT2D eigenvalue weighted by Crippen LogP contribution is 2.03. The van der Waals surface area contributed by atoms with Gasteiger partial charge < -0.3 is 15.3 Å². The lowest BCUT2D eigenvalue weighted by Crippen LogP contribution is -2.20. The van der Waals surface area contributed by atoms with Gasteiger partial charge in [0.05, 0.1) is 0 Å². The molecule has 0 aromatic rings. The Morgan fingerprint density at radius 1 is 0.875 bits per heavy atom. The van der Waals surface area contributed by atoms with E-state index in [1.807, 2.05) is 30.4 Å². The van der Waals surface area contributed by atoms with Gasteiger partial charge in [-0.05, 0) is 32.1 Å². The van der Waals surface area contributed by atoms with E-state index < -0.39 is 18.2 Å². The number of aliphatic hydroxyl groups excluding tert-OH is 2. The molecule has 0 unspecified atom stereocenters. The van der Waals surface area contributed by atoms with Crippen LogP contribution < -0.4 is 0 Å². The molecule has 136 valence electrons. The van der Waals surface area contributed by atoms with Gasteiger partial charge in [0, 0.05) is 6.42 Å². The molecule has 4 nitrogen and oxygen atoms in total. The van der Waals surface area contributed by atoms with Crippen molar-refractivity contribution in [3.63, 3.8) is 0 Å². The zero-order valence-corrected chi connectivity index (χ0v) is 14.7. The number of allylic oxidation sites excluding steroid dienone is 6. The van der Waals surface area contributed by atoms with Crippen LogP contribution in [0, 0.1) is 0 Å². The van der Waals surface area contributed by atoms with Gasteiger partial charge >= 0.3 is 5.97 Å². The molecule has 0 radical (unpaired) electrons. The predicted octanol–water partition coefficient (Wildman–Crippen LogP) is 4.16. The first kappa shape index (κ1) is 22.4. The van der Waals surface area contributed by atoms with Crippen molar-refractivity contribution < 1.29 is 20.1 Å². The molecule has 24 heavy (non-hydrogen) atoms. The highest BCUT2D eigenvalue weighted by atomic mass is 16.4. The number of hydrogen-bond donors (Lipinski definition) is 3. The smallest absolute Gasteiger partial charge is 0.303 e. The largest absolute Gasteiger partial charge is 0.481 e. The molecule has 0 aliphatic carbocycles. The second-order valence-electron chi connectivity index (χ2n) is 5.71. The van der Waals surface area contributed by atoms with Crippen LogP contribution in [0.15, 0.2) is 48.6 Å². The van der Waals surface area contributed by atoms with Crippen molar-refractivity contribution >= 4 is 5.97 Å². The van der Waals surface area contributed by atoms with Crippen molar-refractivity contribution in [3.8, 4) is 0 Å². The van der Waals surface area contributed by atoms with E-state index in [4.69, 9.17) is 5.11 Å². The fraction of sp³-hybridized carbons (Fsp3) is 0.550. The number of unbranched alkanes of at least 4 members (excludes halogenated alkanes) is 4. The Labute approximate surface area is 145 Å². The molecule has 0 aliphatic heterocycles. The van der Waals surface area contributed by atoms with E-state index in [0.29, 0.717) is 6.42 Å². The Kier molecular flexibility index (Phi) is 15.1. The van der Waals surface area contributed by atoms with Crippen molar-refractivity contribution in [2.45, 2.75) is 70.5 Å². The van der Waals surface area contributed by atoms with Gasteiger partial charge in [0.1, 0.15) is 12.2 Å². The van der Waals surface area contributed by atoms with Crippen molar-refractivity contribution in [1.29, 1.82) is 0 Å². The van der Waals surface area contributed by atoms with E-state index in [2.05, 4.69) is 6.92 Å².